The quantitative estimate of drug-likeness (QED) is 0.489. The smallest absolute Gasteiger partial charge is 0.264 e. The number of hydrogen-bond acceptors (Lipinski definition) is 5. The molecule has 6 nitrogen and oxygen atoms in total. The fourth-order valence-electron chi connectivity index (χ4n) is 3.92. The molecule has 4 rings (SSSR count). The third-order valence-corrected chi connectivity index (χ3v) is 8.57. The third-order valence-electron chi connectivity index (χ3n) is 5.76. The zero-order chi connectivity index (χ0) is 24.0. The Labute approximate surface area is 205 Å². The predicted octanol–water partition coefficient (Wildman–Crippen LogP) is 4.72. The molecule has 1 aliphatic rings. The molecule has 0 saturated carbocycles. The van der Waals surface area contributed by atoms with Crippen molar-refractivity contribution in [2.24, 2.45) is 0 Å². The van der Waals surface area contributed by atoms with E-state index in [1.807, 2.05) is 42.1 Å². The van der Waals surface area contributed by atoms with Gasteiger partial charge >= 0.3 is 0 Å². The Hall–Kier alpha value is -2.97. The highest BCUT2D eigenvalue weighted by atomic mass is 32.2. The Bertz CT molecular complexity index is 1230. The minimum Gasteiger partial charge on any atom is -0.495 e. The molecule has 8 heteroatoms. The number of benzene rings is 3. The average Bonchev–Trinajstić information content (AvgIpc) is 2.88. The molecule has 0 atom stereocenters. The summed E-state index contributed by atoms with van der Waals surface area (Å²) in [5, 5.41) is 3.05. The highest BCUT2D eigenvalue weighted by Gasteiger charge is 2.28. The number of thioether (sulfide) groups is 1. The van der Waals surface area contributed by atoms with Gasteiger partial charge in [-0.15, -0.1) is 0 Å². The maximum Gasteiger partial charge on any atom is 0.264 e. The molecule has 0 aliphatic carbocycles. The summed E-state index contributed by atoms with van der Waals surface area (Å²) in [5.74, 6) is 2.24. The van der Waals surface area contributed by atoms with Gasteiger partial charge in [0.2, 0.25) is 0 Å². The van der Waals surface area contributed by atoms with Crippen LogP contribution in [0.5, 0.6) is 5.75 Å². The normalized spacial score (nSPS) is 14.4. The van der Waals surface area contributed by atoms with E-state index in [-0.39, 0.29) is 23.4 Å². The largest absolute Gasteiger partial charge is 0.495 e. The summed E-state index contributed by atoms with van der Waals surface area (Å²) >= 11 is 1.89. The van der Waals surface area contributed by atoms with Crippen molar-refractivity contribution < 1.29 is 17.9 Å². The topological polar surface area (TPSA) is 75.7 Å². The van der Waals surface area contributed by atoms with Crippen molar-refractivity contribution in [2.75, 3.05) is 22.9 Å². The molecule has 3 aromatic rings. The van der Waals surface area contributed by atoms with E-state index in [4.69, 9.17) is 4.74 Å². The second-order valence-corrected chi connectivity index (χ2v) is 11.1. The number of ether oxygens (including phenoxy) is 1. The summed E-state index contributed by atoms with van der Waals surface area (Å²) in [4.78, 5) is 12.9. The van der Waals surface area contributed by atoms with Crippen LogP contribution in [0.3, 0.4) is 0 Å². The fourth-order valence-corrected chi connectivity index (χ4v) is 6.54. The summed E-state index contributed by atoms with van der Waals surface area (Å²) in [7, 11) is -2.49. The second kappa shape index (κ2) is 11.0. The van der Waals surface area contributed by atoms with E-state index in [0.717, 1.165) is 29.9 Å². The standard InChI is InChI=1S/C26H28N2O4S2/c1-32-25-13-6-5-12-24(25)28(19-20-8-3-2-4-9-20)34(30,31)23-11-7-10-21(18-23)26(29)27-22-14-16-33-17-15-22/h2-13,18,22H,14-17,19H2,1H3,(H,27,29). The van der Waals surface area contributed by atoms with Crippen molar-refractivity contribution in [3.05, 3.63) is 90.0 Å². The van der Waals surface area contributed by atoms with Crippen molar-refractivity contribution in [3.63, 3.8) is 0 Å². The summed E-state index contributed by atoms with van der Waals surface area (Å²) in [6.45, 7) is 0.125. The second-order valence-electron chi connectivity index (χ2n) is 8.06. The van der Waals surface area contributed by atoms with E-state index in [1.54, 1.807) is 36.4 Å². The van der Waals surface area contributed by atoms with Gasteiger partial charge in [-0.25, -0.2) is 8.42 Å². The Morgan fingerprint density at radius 2 is 1.71 bits per heavy atom. The lowest BCUT2D eigenvalue weighted by atomic mass is 10.1. The first kappa shape index (κ1) is 24.2. The molecule has 0 bridgehead atoms. The highest BCUT2D eigenvalue weighted by molar-refractivity contribution is 7.99. The van der Waals surface area contributed by atoms with Crippen LogP contribution in [0.4, 0.5) is 5.69 Å². The molecular weight excluding hydrogens is 468 g/mol. The van der Waals surface area contributed by atoms with Crippen LogP contribution in [0.25, 0.3) is 0 Å². The number of anilines is 1. The fraction of sp³-hybridized carbons (Fsp3) is 0.269. The molecular formula is C26H28N2O4S2. The number of amides is 1. The zero-order valence-corrected chi connectivity index (χ0v) is 20.6. The third kappa shape index (κ3) is 5.56. The lowest BCUT2D eigenvalue weighted by molar-refractivity contribution is 0.0934. The zero-order valence-electron chi connectivity index (χ0n) is 19.0. The van der Waals surface area contributed by atoms with Crippen molar-refractivity contribution in [3.8, 4) is 5.75 Å². The van der Waals surface area contributed by atoms with E-state index in [1.165, 1.54) is 23.5 Å². The maximum absolute atomic E-state index is 13.9. The van der Waals surface area contributed by atoms with Gasteiger partial charge in [0, 0.05) is 11.6 Å². The number of sulfonamides is 1. The molecule has 1 N–H and O–H groups in total. The SMILES string of the molecule is COc1ccccc1N(Cc1ccccc1)S(=O)(=O)c1cccc(C(=O)NC2CCSCC2)c1. The summed E-state index contributed by atoms with van der Waals surface area (Å²) in [5.41, 5.74) is 1.60. The Kier molecular flexibility index (Phi) is 7.80. The molecule has 0 radical (unpaired) electrons. The van der Waals surface area contributed by atoms with Crippen LogP contribution in [-0.2, 0) is 16.6 Å². The average molecular weight is 497 g/mol. The lowest BCUT2D eigenvalue weighted by Gasteiger charge is -2.26. The molecule has 0 aromatic heterocycles. The van der Waals surface area contributed by atoms with Crippen LogP contribution >= 0.6 is 11.8 Å². The van der Waals surface area contributed by atoms with Gasteiger partial charge in [-0.2, -0.15) is 11.8 Å². The first-order valence-electron chi connectivity index (χ1n) is 11.2. The van der Waals surface area contributed by atoms with Gasteiger partial charge in [-0.1, -0.05) is 48.5 Å². The van der Waals surface area contributed by atoms with E-state index in [9.17, 15) is 13.2 Å². The number of rotatable bonds is 8. The minimum atomic E-state index is -4.00. The van der Waals surface area contributed by atoms with E-state index >= 15 is 0 Å². The molecule has 0 spiro atoms. The van der Waals surface area contributed by atoms with Crippen molar-refractivity contribution >= 4 is 33.4 Å². The van der Waals surface area contributed by atoms with E-state index in [0.29, 0.717) is 17.0 Å². The summed E-state index contributed by atoms with van der Waals surface area (Å²) < 4.78 is 34.6. The maximum atomic E-state index is 13.9. The van der Waals surface area contributed by atoms with Gasteiger partial charge < -0.3 is 10.1 Å². The number of para-hydroxylation sites is 2. The molecule has 1 aliphatic heterocycles. The van der Waals surface area contributed by atoms with Crippen LogP contribution < -0.4 is 14.4 Å². The van der Waals surface area contributed by atoms with Gasteiger partial charge in [-0.3, -0.25) is 9.10 Å². The van der Waals surface area contributed by atoms with Crippen molar-refractivity contribution in [2.45, 2.75) is 30.3 Å². The molecule has 34 heavy (non-hydrogen) atoms. The van der Waals surface area contributed by atoms with Gasteiger partial charge in [0.1, 0.15) is 5.75 Å². The summed E-state index contributed by atoms with van der Waals surface area (Å²) in [6, 6.07) is 22.8. The lowest BCUT2D eigenvalue weighted by Crippen LogP contribution is -2.37. The first-order valence-corrected chi connectivity index (χ1v) is 13.8. The van der Waals surface area contributed by atoms with Crippen LogP contribution in [0.15, 0.2) is 83.8 Å². The monoisotopic (exact) mass is 496 g/mol. The Morgan fingerprint density at radius 3 is 2.44 bits per heavy atom. The number of hydrogen-bond donors (Lipinski definition) is 1. The Balaban J connectivity index is 1.68. The summed E-state index contributed by atoms with van der Waals surface area (Å²) in [6.07, 6.45) is 1.85. The van der Waals surface area contributed by atoms with Crippen molar-refractivity contribution in [1.29, 1.82) is 0 Å². The van der Waals surface area contributed by atoms with E-state index in [2.05, 4.69) is 5.32 Å². The number of methoxy groups -OCH3 is 1. The van der Waals surface area contributed by atoms with Gasteiger partial charge in [0.25, 0.3) is 15.9 Å². The van der Waals surface area contributed by atoms with E-state index < -0.39 is 10.0 Å². The molecule has 1 fully saturated rings. The molecule has 178 valence electrons. The van der Waals surface area contributed by atoms with Crippen LogP contribution in [0.1, 0.15) is 28.8 Å². The van der Waals surface area contributed by atoms with Crippen LogP contribution in [0, 0.1) is 0 Å². The van der Waals surface area contributed by atoms with Gasteiger partial charge in [-0.05, 0) is 60.2 Å². The van der Waals surface area contributed by atoms with Gasteiger partial charge in [0.05, 0.1) is 24.2 Å². The number of carbonyl (C=O) groups excluding carboxylic acids is 1. The van der Waals surface area contributed by atoms with Crippen LogP contribution in [0.2, 0.25) is 0 Å². The minimum absolute atomic E-state index is 0.0567. The molecule has 0 unspecified atom stereocenters. The number of nitrogens with zero attached hydrogens (tertiary/aromatic N) is 1. The molecule has 3 aromatic carbocycles. The molecule has 1 saturated heterocycles. The van der Waals surface area contributed by atoms with Gasteiger partial charge in [0.15, 0.2) is 0 Å². The molecule has 1 heterocycles. The first-order chi connectivity index (χ1) is 16.5. The van der Waals surface area contributed by atoms with Crippen molar-refractivity contribution in [1.82, 2.24) is 5.32 Å². The highest BCUT2D eigenvalue weighted by Crippen LogP contribution is 2.34. The number of nitrogens with one attached hydrogen (secondary N) is 1. The molecule has 1 amide bonds. The van der Waals surface area contributed by atoms with Crippen LogP contribution in [-0.4, -0.2) is 39.0 Å². The Morgan fingerprint density at radius 1 is 1.00 bits per heavy atom. The number of carbonyl (C=O) groups is 1. The predicted molar refractivity (Wildman–Crippen MR) is 137 cm³/mol.